The molecule has 0 spiro atoms. The molecule has 1 aromatic carbocycles. The van der Waals surface area contributed by atoms with Crippen molar-refractivity contribution >= 4 is 27.2 Å². The van der Waals surface area contributed by atoms with Crippen molar-refractivity contribution < 1.29 is 18.6 Å². The van der Waals surface area contributed by atoms with Crippen LogP contribution in [0.2, 0.25) is 0 Å². The summed E-state index contributed by atoms with van der Waals surface area (Å²) in [6, 6.07) is 11.9. The number of halogens is 1. The maximum atomic E-state index is 14.1. The molecule has 1 aliphatic heterocycles. The summed E-state index contributed by atoms with van der Waals surface area (Å²) in [5.41, 5.74) is 8.39. The molecule has 0 radical (unpaired) electrons. The topological polar surface area (TPSA) is 79.5 Å². The van der Waals surface area contributed by atoms with Gasteiger partial charge in [0.05, 0.1) is 34.0 Å². The average molecular weight is 440 g/mol. The van der Waals surface area contributed by atoms with E-state index in [1.165, 1.54) is 23.5 Å². The van der Waals surface area contributed by atoms with Crippen LogP contribution in [0.3, 0.4) is 0 Å². The second kappa shape index (κ2) is 9.38. The van der Waals surface area contributed by atoms with Gasteiger partial charge in [0.1, 0.15) is 5.75 Å². The Kier molecular flexibility index (Phi) is 6.41. The third kappa shape index (κ3) is 4.51. The van der Waals surface area contributed by atoms with Crippen LogP contribution in [-0.4, -0.2) is 23.2 Å². The third-order valence-corrected chi connectivity index (χ3v) is 5.65. The molecule has 1 fully saturated rings. The fraction of sp³-hybridized carbons (Fsp3) is 0.217. The fourth-order valence-corrected chi connectivity index (χ4v) is 4.12. The summed E-state index contributed by atoms with van der Waals surface area (Å²) in [5.74, 6) is 0.125. The summed E-state index contributed by atoms with van der Waals surface area (Å²) in [6.07, 6.45) is 3.04. The lowest BCUT2D eigenvalue weighted by Gasteiger charge is -2.08. The van der Waals surface area contributed by atoms with Gasteiger partial charge < -0.3 is 19.9 Å². The minimum atomic E-state index is -0.514. The summed E-state index contributed by atoms with van der Waals surface area (Å²) < 4.78 is 31.7. The quantitative estimate of drug-likeness (QED) is 0.396. The first-order chi connectivity index (χ1) is 15.2. The second-order valence-corrected chi connectivity index (χ2v) is 7.53. The van der Waals surface area contributed by atoms with Crippen LogP contribution in [-0.2, 0) is 9.47 Å². The maximum Gasteiger partial charge on any atom is 0.185 e. The van der Waals surface area contributed by atoms with Crippen molar-refractivity contribution in [1.82, 2.24) is 9.97 Å². The number of ether oxygens (including phenoxy) is 3. The van der Waals surface area contributed by atoms with E-state index in [2.05, 4.69) is 9.97 Å². The molecule has 0 unspecified atom stereocenters. The first-order valence-corrected chi connectivity index (χ1v) is 10.8. The minimum absolute atomic E-state index is 0.112. The van der Waals surface area contributed by atoms with E-state index in [0.29, 0.717) is 24.7 Å². The number of aromatic nitrogens is 2. The SMILES string of the molecule is CC.Nc1ccc(Oc2ccnc3cc(-c4ccc(C5OCCO5)cn4)sc23)c(F)c1. The van der Waals surface area contributed by atoms with Crippen LogP contribution in [0.15, 0.2) is 54.9 Å². The highest BCUT2D eigenvalue weighted by molar-refractivity contribution is 7.22. The molecule has 4 aromatic rings. The number of nitrogen functional groups attached to an aromatic ring is 1. The minimum Gasteiger partial charge on any atom is -0.453 e. The third-order valence-electron chi connectivity index (χ3n) is 4.48. The van der Waals surface area contributed by atoms with E-state index in [1.807, 2.05) is 32.0 Å². The number of thiophene rings is 1. The van der Waals surface area contributed by atoms with Gasteiger partial charge in [0, 0.05) is 35.8 Å². The van der Waals surface area contributed by atoms with E-state index in [4.69, 9.17) is 19.9 Å². The molecule has 160 valence electrons. The van der Waals surface area contributed by atoms with Crippen molar-refractivity contribution in [2.75, 3.05) is 18.9 Å². The number of fused-ring (bicyclic) bond motifs is 1. The van der Waals surface area contributed by atoms with E-state index >= 15 is 0 Å². The molecular formula is C23H22FN3O3S. The number of hydrogen-bond acceptors (Lipinski definition) is 7. The summed E-state index contributed by atoms with van der Waals surface area (Å²) in [6.45, 7) is 5.18. The molecule has 4 heterocycles. The Morgan fingerprint density at radius 2 is 1.84 bits per heavy atom. The van der Waals surface area contributed by atoms with Crippen LogP contribution >= 0.6 is 11.3 Å². The van der Waals surface area contributed by atoms with E-state index in [1.54, 1.807) is 24.5 Å². The summed E-state index contributed by atoms with van der Waals surface area (Å²) in [4.78, 5) is 9.86. The Balaban J connectivity index is 0.00000112. The van der Waals surface area contributed by atoms with Gasteiger partial charge in [0.15, 0.2) is 17.9 Å². The standard InChI is InChI=1S/C21H16FN3O3S.C2H6/c22-14-9-13(23)2-4-17(14)28-18-5-6-24-16-10-19(29-20(16)18)15-3-1-12(11-25-15)21-26-7-8-27-21;1-2/h1-6,9-11,21H,7-8,23H2;1-2H3. The molecule has 2 N–H and O–H groups in total. The van der Waals surface area contributed by atoms with Crippen LogP contribution in [0.4, 0.5) is 10.1 Å². The lowest BCUT2D eigenvalue weighted by molar-refractivity contribution is -0.0443. The van der Waals surface area contributed by atoms with Crippen LogP contribution < -0.4 is 10.5 Å². The molecule has 6 nitrogen and oxygen atoms in total. The number of rotatable bonds is 4. The fourth-order valence-electron chi connectivity index (χ4n) is 3.08. The van der Waals surface area contributed by atoms with E-state index in [9.17, 15) is 4.39 Å². The van der Waals surface area contributed by atoms with Crippen molar-refractivity contribution in [2.45, 2.75) is 20.1 Å². The lowest BCUT2D eigenvalue weighted by atomic mass is 10.2. The highest BCUT2D eigenvalue weighted by Gasteiger charge is 2.19. The molecule has 1 aliphatic rings. The van der Waals surface area contributed by atoms with Gasteiger partial charge >= 0.3 is 0 Å². The van der Waals surface area contributed by atoms with E-state index in [-0.39, 0.29) is 12.0 Å². The Morgan fingerprint density at radius 1 is 1.03 bits per heavy atom. The predicted octanol–water partition coefficient (Wildman–Crippen LogP) is 5.94. The largest absolute Gasteiger partial charge is 0.453 e. The Labute approximate surface area is 183 Å². The van der Waals surface area contributed by atoms with Gasteiger partial charge in [-0.25, -0.2) is 4.39 Å². The number of anilines is 1. The first-order valence-electron chi connectivity index (χ1n) is 9.98. The number of benzene rings is 1. The summed E-state index contributed by atoms with van der Waals surface area (Å²) in [5, 5.41) is 0. The molecule has 0 bridgehead atoms. The summed E-state index contributed by atoms with van der Waals surface area (Å²) >= 11 is 1.48. The van der Waals surface area contributed by atoms with Gasteiger partial charge in [-0.15, -0.1) is 11.3 Å². The predicted molar refractivity (Wildman–Crippen MR) is 120 cm³/mol. The molecule has 0 aliphatic carbocycles. The Bertz CT molecular complexity index is 1170. The van der Waals surface area contributed by atoms with Crippen molar-refractivity contribution in [3.05, 3.63) is 66.2 Å². The second-order valence-electron chi connectivity index (χ2n) is 6.48. The Morgan fingerprint density at radius 3 is 2.55 bits per heavy atom. The van der Waals surface area contributed by atoms with Gasteiger partial charge in [-0.3, -0.25) is 9.97 Å². The van der Waals surface area contributed by atoms with Gasteiger partial charge in [-0.2, -0.15) is 0 Å². The van der Waals surface area contributed by atoms with Crippen molar-refractivity contribution in [1.29, 1.82) is 0 Å². The first kappa shape index (κ1) is 21.2. The number of nitrogens with two attached hydrogens (primary N) is 1. The highest BCUT2D eigenvalue weighted by atomic mass is 32.1. The van der Waals surface area contributed by atoms with Gasteiger partial charge in [0.2, 0.25) is 0 Å². The van der Waals surface area contributed by atoms with Crippen LogP contribution in [0.1, 0.15) is 25.7 Å². The van der Waals surface area contributed by atoms with Crippen molar-refractivity contribution in [3.63, 3.8) is 0 Å². The normalized spacial score (nSPS) is 13.8. The summed E-state index contributed by atoms with van der Waals surface area (Å²) in [7, 11) is 0. The average Bonchev–Trinajstić information content (AvgIpc) is 3.48. The number of pyridine rings is 2. The molecule has 0 amide bonds. The zero-order valence-corrected chi connectivity index (χ0v) is 18.0. The van der Waals surface area contributed by atoms with E-state index < -0.39 is 5.82 Å². The van der Waals surface area contributed by atoms with Gasteiger partial charge in [-0.1, -0.05) is 19.9 Å². The molecule has 0 saturated carbocycles. The monoisotopic (exact) mass is 439 g/mol. The maximum absolute atomic E-state index is 14.1. The molecule has 31 heavy (non-hydrogen) atoms. The van der Waals surface area contributed by atoms with Crippen LogP contribution in [0.5, 0.6) is 11.5 Å². The lowest BCUT2D eigenvalue weighted by Crippen LogP contribution is -1.98. The molecule has 5 rings (SSSR count). The smallest absolute Gasteiger partial charge is 0.185 e. The van der Waals surface area contributed by atoms with E-state index in [0.717, 1.165) is 26.4 Å². The molecular weight excluding hydrogens is 417 g/mol. The van der Waals surface area contributed by atoms with Crippen LogP contribution in [0.25, 0.3) is 20.8 Å². The molecule has 3 aromatic heterocycles. The highest BCUT2D eigenvalue weighted by Crippen LogP contribution is 2.39. The molecule has 8 heteroatoms. The van der Waals surface area contributed by atoms with Crippen molar-refractivity contribution in [2.24, 2.45) is 0 Å². The molecule has 1 saturated heterocycles. The van der Waals surface area contributed by atoms with Gasteiger partial charge in [-0.05, 0) is 24.3 Å². The Hall–Kier alpha value is -3.07. The zero-order chi connectivity index (χ0) is 21.8. The van der Waals surface area contributed by atoms with Crippen LogP contribution in [0, 0.1) is 5.82 Å². The van der Waals surface area contributed by atoms with Crippen molar-refractivity contribution in [3.8, 4) is 22.1 Å². The van der Waals surface area contributed by atoms with Gasteiger partial charge in [0.25, 0.3) is 0 Å². The molecule has 0 atom stereocenters. The number of hydrogen-bond donors (Lipinski definition) is 1. The number of nitrogens with zero attached hydrogens (tertiary/aromatic N) is 2. The zero-order valence-electron chi connectivity index (χ0n) is 17.2.